The van der Waals surface area contributed by atoms with Crippen LogP contribution >= 0.6 is 0 Å². The molecule has 1 unspecified atom stereocenters. The number of carbonyl (C=O) groups is 1. The molecule has 0 rings (SSSR count). The third kappa shape index (κ3) is 14.0. The second-order valence-corrected chi connectivity index (χ2v) is 5.11. The van der Waals surface area contributed by atoms with Crippen LogP contribution in [-0.2, 0) is 14.3 Å². The summed E-state index contributed by atoms with van der Waals surface area (Å²) in [7, 11) is 4.05. The first-order valence-corrected chi connectivity index (χ1v) is 7.47. The van der Waals surface area contributed by atoms with E-state index in [-0.39, 0.29) is 12.5 Å². The van der Waals surface area contributed by atoms with E-state index in [1.54, 1.807) is 0 Å². The Morgan fingerprint density at radius 3 is 2.48 bits per heavy atom. The van der Waals surface area contributed by atoms with Crippen molar-refractivity contribution in [2.24, 2.45) is 5.73 Å². The number of hydrogen-bond donors (Lipinski definition) is 2. The van der Waals surface area contributed by atoms with E-state index >= 15 is 0 Å². The zero-order valence-electron chi connectivity index (χ0n) is 13.3. The number of carbonyl (C=O) groups excluding carboxylic acids is 1. The molecule has 0 radical (unpaired) electrons. The van der Waals surface area contributed by atoms with Gasteiger partial charge in [0.15, 0.2) is 0 Å². The van der Waals surface area contributed by atoms with Crippen molar-refractivity contribution in [2.75, 3.05) is 60.3 Å². The number of ether oxygens (including phenoxy) is 2. The molecule has 0 aliphatic rings. The molecule has 0 aromatic heterocycles. The predicted molar refractivity (Wildman–Crippen MR) is 81.0 cm³/mol. The quantitative estimate of drug-likeness (QED) is 0.447. The number of rotatable bonds is 14. The Morgan fingerprint density at radius 2 is 1.86 bits per heavy atom. The molecule has 0 spiro atoms. The largest absolute Gasteiger partial charge is 0.377 e. The monoisotopic (exact) mass is 307 g/mol. The summed E-state index contributed by atoms with van der Waals surface area (Å²) in [5.41, 5.74) is 5.81. The first-order chi connectivity index (χ1) is 10.1. The average molecular weight is 307 g/mol. The van der Waals surface area contributed by atoms with E-state index in [2.05, 4.69) is 10.2 Å². The minimum absolute atomic E-state index is 0.1000. The topological polar surface area (TPSA) is 76.8 Å². The van der Waals surface area contributed by atoms with Crippen LogP contribution in [0.15, 0.2) is 0 Å². The van der Waals surface area contributed by atoms with Gasteiger partial charge in [-0.05, 0) is 33.5 Å². The second kappa shape index (κ2) is 14.2. The first-order valence-electron chi connectivity index (χ1n) is 7.47. The minimum Gasteiger partial charge on any atom is -0.377 e. The normalized spacial score (nSPS) is 12.6. The van der Waals surface area contributed by atoms with E-state index in [0.717, 1.165) is 19.4 Å². The summed E-state index contributed by atoms with van der Waals surface area (Å²) in [6, 6.07) is -0.458. The molecule has 0 aromatic rings. The van der Waals surface area contributed by atoms with E-state index in [1.165, 1.54) is 0 Å². The van der Waals surface area contributed by atoms with Crippen molar-refractivity contribution < 1.29 is 18.7 Å². The number of hydrogen-bond acceptors (Lipinski definition) is 5. The maximum absolute atomic E-state index is 11.7. The molecule has 0 bridgehead atoms. The van der Waals surface area contributed by atoms with Gasteiger partial charge in [0.05, 0.1) is 32.5 Å². The van der Waals surface area contributed by atoms with Crippen LogP contribution in [0.5, 0.6) is 0 Å². The molecule has 0 aliphatic heterocycles. The summed E-state index contributed by atoms with van der Waals surface area (Å²) >= 11 is 0. The number of amides is 1. The zero-order valence-corrected chi connectivity index (χ0v) is 13.3. The van der Waals surface area contributed by atoms with Crippen LogP contribution in [-0.4, -0.2) is 77.1 Å². The van der Waals surface area contributed by atoms with Gasteiger partial charge in [-0.1, -0.05) is 6.42 Å². The molecule has 3 N–H and O–H groups in total. The molecule has 0 saturated heterocycles. The lowest BCUT2D eigenvalue weighted by molar-refractivity contribution is -0.122. The lowest BCUT2D eigenvalue weighted by Gasteiger charge is -2.13. The highest BCUT2D eigenvalue weighted by atomic mass is 19.1. The van der Waals surface area contributed by atoms with Gasteiger partial charge in [-0.15, -0.1) is 0 Å². The maximum atomic E-state index is 11.7. The van der Waals surface area contributed by atoms with Crippen molar-refractivity contribution in [3.63, 3.8) is 0 Å². The highest BCUT2D eigenvalue weighted by Gasteiger charge is 2.11. The molecule has 0 saturated carbocycles. The standard InChI is InChI=1S/C14H30FN3O3/c1-18(2)8-4-3-5-13(16)14(19)17-7-10-21-12-11-20-9-6-15/h13H,3-12,16H2,1-2H3,(H,17,19). The van der Waals surface area contributed by atoms with Crippen LogP contribution in [0.3, 0.4) is 0 Å². The number of nitrogens with one attached hydrogen (secondary N) is 1. The Kier molecular flexibility index (Phi) is 13.7. The van der Waals surface area contributed by atoms with Gasteiger partial charge in [-0.3, -0.25) is 4.79 Å². The maximum Gasteiger partial charge on any atom is 0.236 e. The van der Waals surface area contributed by atoms with E-state index in [0.29, 0.717) is 32.8 Å². The van der Waals surface area contributed by atoms with Gasteiger partial charge in [0.25, 0.3) is 0 Å². The van der Waals surface area contributed by atoms with Crippen molar-refractivity contribution in [1.82, 2.24) is 10.2 Å². The van der Waals surface area contributed by atoms with Gasteiger partial charge in [0.1, 0.15) is 6.67 Å². The van der Waals surface area contributed by atoms with E-state index in [1.807, 2.05) is 14.1 Å². The summed E-state index contributed by atoms with van der Waals surface area (Å²) in [6.45, 7) is 2.21. The predicted octanol–water partition coefficient (Wildman–Crippen LogP) is 0.165. The molecule has 0 aliphatic carbocycles. The van der Waals surface area contributed by atoms with Crippen molar-refractivity contribution in [3.05, 3.63) is 0 Å². The zero-order chi connectivity index (χ0) is 15.9. The third-order valence-electron chi connectivity index (χ3n) is 2.85. The van der Waals surface area contributed by atoms with Crippen molar-refractivity contribution in [2.45, 2.75) is 25.3 Å². The molecule has 1 atom stereocenters. The van der Waals surface area contributed by atoms with Gasteiger partial charge in [-0.2, -0.15) is 0 Å². The van der Waals surface area contributed by atoms with E-state index in [9.17, 15) is 9.18 Å². The third-order valence-corrected chi connectivity index (χ3v) is 2.85. The summed E-state index contributed by atoms with van der Waals surface area (Å²) in [5, 5.41) is 2.73. The van der Waals surface area contributed by atoms with Crippen LogP contribution in [0, 0.1) is 0 Å². The number of unbranched alkanes of at least 4 members (excludes halogenated alkanes) is 1. The number of alkyl halides is 1. The Balaban J connectivity index is 3.39. The van der Waals surface area contributed by atoms with E-state index in [4.69, 9.17) is 15.2 Å². The van der Waals surface area contributed by atoms with Crippen LogP contribution in [0.25, 0.3) is 0 Å². The van der Waals surface area contributed by atoms with Crippen molar-refractivity contribution in [1.29, 1.82) is 0 Å². The van der Waals surface area contributed by atoms with Crippen molar-refractivity contribution in [3.8, 4) is 0 Å². The van der Waals surface area contributed by atoms with Gasteiger partial charge in [-0.25, -0.2) is 4.39 Å². The summed E-state index contributed by atoms with van der Waals surface area (Å²) in [6.07, 6.45) is 2.67. The fourth-order valence-electron chi connectivity index (χ4n) is 1.68. The average Bonchev–Trinajstić information content (AvgIpc) is 2.45. The fraction of sp³-hybridized carbons (Fsp3) is 0.929. The molecular formula is C14H30FN3O3. The van der Waals surface area contributed by atoms with Gasteiger partial charge < -0.3 is 25.4 Å². The fourth-order valence-corrected chi connectivity index (χ4v) is 1.68. The Morgan fingerprint density at radius 1 is 1.19 bits per heavy atom. The lowest BCUT2D eigenvalue weighted by atomic mass is 10.1. The Labute approximate surface area is 127 Å². The molecule has 6 nitrogen and oxygen atoms in total. The number of nitrogens with zero attached hydrogens (tertiary/aromatic N) is 1. The van der Waals surface area contributed by atoms with E-state index < -0.39 is 12.7 Å². The highest BCUT2D eigenvalue weighted by Crippen LogP contribution is 1.99. The molecular weight excluding hydrogens is 277 g/mol. The number of halogens is 1. The molecule has 0 heterocycles. The molecule has 126 valence electrons. The summed E-state index contributed by atoms with van der Waals surface area (Å²) in [4.78, 5) is 13.8. The summed E-state index contributed by atoms with van der Waals surface area (Å²) in [5.74, 6) is -0.142. The number of nitrogens with two attached hydrogens (primary N) is 1. The molecule has 0 fully saturated rings. The van der Waals surface area contributed by atoms with Gasteiger partial charge >= 0.3 is 0 Å². The van der Waals surface area contributed by atoms with Crippen molar-refractivity contribution >= 4 is 5.91 Å². The Bertz CT molecular complexity index is 256. The molecule has 1 amide bonds. The van der Waals surface area contributed by atoms with Crippen LogP contribution < -0.4 is 11.1 Å². The SMILES string of the molecule is CN(C)CCCCC(N)C(=O)NCCOCCOCCF. The Hall–Kier alpha value is -0.760. The molecule has 7 heteroatoms. The van der Waals surface area contributed by atoms with Crippen LogP contribution in [0.1, 0.15) is 19.3 Å². The molecule has 21 heavy (non-hydrogen) atoms. The summed E-state index contributed by atoms with van der Waals surface area (Å²) < 4.78 is 21.8. The minimum atomic E-state index is -0.484. The lowest BCUT2D eigenvalue weighted by Crippen LogP contribution is -2.41. The first kappa shape index (κ1) is 20.2. The van der Waals surface area contributed by atoms with Crippen LogP contribution in [0.4, 0.5) is 4.39 Å². The van der Waals surface area contributed by atoms with Crippen LogP contribution in [0.2, 0.25) is 0 Å². The van der Waals surface area contributed by atoms with Gasteiger partial charge in [0, 0.05) is 6.54 Å². The molecule has 0 aromatic carbocycles. The second-order valence-electron chi connectivity index (χ2n) is 5.11. The smallest absolute Gasteiger partial charge is 0.236 e. The highest BCUT2D eigenvalue weighted by molar-refractivity contribution is 5.81. The van der Waals surface area contributed by atoms with Gasteiger partial charge in [0.2, 0.25) is 5.91 Å².